The van der Waals surface area contributed by atoms with Crippen LogP contribution in [0.4, 0.5) is 4.39 Å². The number of hydrogen-bond donors (Lipinski definition) is 1. The van der Waals surface area contributed by atoms with Gasteiger partial charge in [-0.1, -0.05) is 18.2 Å². The van der Waals surface area contributed by atoms with E-state index in [0.717, 1.165) is 25.9 Å². The summed E-state index contributed by atoms with van der Waals surface area (Å²) in [6, 6.07) is 6.61. The predicted octanol–water partition coefficient (Wildman–Crippen LogP) is 2.28. The first-order valence-corrected chi connectivity index (χ1v) is 6.94. The maximum atomic E-state index is 13.5. The van der Waals surface area contributed by atoms with Crippen molar-refractivity contribution in [2.75, 3.05) is 19.6 Å². The number of likely N-dealkylation sites (tertiary alicyclic amines) is 1. The third-order valence-electron chi connectivity index (χ3n) is 3.54. The Morgan fingerprint density at radius 2 is 2.25 bits per heavy atom. The summed E-state index contributed by atoms with van der Waals surface area (Å²) in [6.45, 7) is 2.45. The lowest BCUT2D eigenvalue weighted by atomic mass is 10.1. The second-order valence-corrected chi connectivity index (χ2v) is 5.11. The molecule has 1 aromatic rings. The molecule has 1 aliphatic rings. The van der Waals surface area contributed by atoms with Crippen molar-refractivity contribution in [3.8, 4) is 0 Å². The van der Waals surface area contributed by atoms with Crippen molar-refractivity contribution in [1.29, 1.82) is 0 Å². The maximum Gasteiger partial charge on any atom is 0.304 e. The second kappa shape index (κ2) is 7.36. The molecule has 0 amide bonds. The summed E-state index contributed by atoms with van der Waals surface area (Å²) < 4.78 is 19.2. The Bertz CT molecular complexity index is 452. The standard InChI is InChI=1S/C15H20FNO3/c16-14-6-2-1-4-12(14)11-20-13-5-3-8-17(10-13)9-7-15(18)19/h1-2,4,6,13H,3,5,7-11H2,(H,18,19). The van der Waals surface area contributed by atoms with Gasteiger partial charge in [-0.2, -0.15) is 0 Å². The van der Waals surface area contributed by atoms with Crippen LogP contribution in [-0.4, -0.2) is 41.7 Å². The van der Waals surface area contributed by atoms with Crippen LogP contribution in [0.3, 0.4) is 0 Å². The average molecular weight is 281 g/mol. The number of rotatable bonds is 6. The number of carbonyl (C=O) groups is 1. The largest absolute Gasteiger partial charge is 0.481 e. The number of nitrogens with zero attached hydrogens (tertiary/aromatic N) is 1. The van der Waals surface area contributed by atoms with Gasteiger partial charge in [-0.25, -0.2) is 4.39 Å². The molecule has 1 heterocycles. The fraction of sp³-hybridized carbons (Fsp3) is 0.533. The number of hydrogen-bond acceptors (Lipinski definition) is 3. The van der Waals surface area contributed by atoms with Crippen molar-refractivity contribution in [2.45, 2.75) is 32.0 Å². The van der Waals surface area contributed by atoms with E-state index in [4.69, 9.17) is 9.84 Å². The molecule has 1 atom stereocenters. The molecule has 1 N–H and O–H groups in total. The molecule has 4 nitrogen and oxygen atoms in total. The lowest BCUT2D eigenvalue weighted by molar-refractivity contribution is -0.137. The molecule has 0 radical (unpaired) electrons. The highest BCUT2D eigenvalue weighted by Crippen LogP contribution is 2.16. The summed E-state index contributed by atoms with van der Waals surface area (Å²) in [4.78, 5) is 12.7. The molecule has 2 rings (SSSR count). The molecule has 0 spiro atoms. The van der Waals surface area contributed by atoms with Gasteiger partial charge in [0.25, 0.3) is 0 Å². The Balaban J connectivity index is 1.78. The van der Waals surface area contributed by atoms with E-state index >= 15 is 0 Å². The molecule has 5 heteroatoms. The number of ether oxygens (including phenoxy) is 1. The van der Waals surface area contributed by atoms with Gasteiger partial charge in [-0.3, -0.25) is 4.79 Å². The zero-order chi connectivity index (χ0) is 14.4. The summed E-state index contributed by atoms with van der Waals surface area (Å²) in [7, 11) is 0. The lowest BCUT2D eigenvalue weighted by Crippen LogP contribution is -2.40. The second-order valence-electron chi connectivity index (χ2n) is 5.11. The molecule has 0 aliphatic carbocycles. The normalized spacial score (nSPS) is 19.9. The van der Waals surface area contributed by atoms with Crippen LogP contribution in [0.15, 0.2) is 24.3 Å². The van der Waals surface area contributed by atoms with Crippen LogP contribution < -0.4 is 0 Å². The summed E-state index contributed by atoms with van der Waals surface area (Å²) in [5.74, 6) is -1.02. The van der Waals surface area contributed by atoms with Gasteiger partial charge >= 0.3 is 5.97 Å². The zero-order valence-corrected chi connectivity index (χ0v) is 11.4. The first-order valence-electron chi connectivity index (χ1n) is 6.94. The fourth-order valence-corrected chi connectivity index (χ4v) is 2.43. The average Bonchev–Trinajstić information content (AvgIpc) is 2.45. The SMILES string of the molecule is O=C(O)CCN1CCCC(OCc2ccccc2F)C1. The lowest BCUT2D eigenvalue weighted by Gasteiger charge is -2.32. The molecule has 1 fully saturated rings. The highest BCUT2D eigenvalue weighted by Gasteiger charge is 2.21. The van der Waals surface area contributed by atoms with Gasteiger partial charge in [0.2, 0.25) is 0 Å². The Labute approximate surface area is 118 Å². The van der Waals surface area contributed by atoms with E-state index in [1.807, 2.05) is 0 Å². The molecular weight excluding hydrogens is 261 g/mol. The minimum absolute atomic E-state index is 0.0529. The van der Waals surface area contributed by atoms with E-state index in [2.05, 4.69) is 4.90 Å². The van der Waals surface area contributed by atoms with Crippen LogP contribution in [0.2, 0.25) is 0 Å². The Kier molecular flexibility index (Phi) is 5.49. The van der Waals surface area contributed by atoms with Gasteiger partial charge in [-0.05, 0) is 25.5 Å². The Morgan fingerprint density at radius 3 is 3.00 bits per heavy atom. The highest BCUT2D eigenvalue weighted by molar-refractivity contribution is 5.66. The number of aliphatic carboxylic acids is 1. The van der Waals surface area contributed by atoms with Gasteiger partial charge in [0.1, 0.15) is 5.82 Å². The van der Waals surface area contributed by atoms with Crippen molar-refractivity contribution in [2.24, 2.45) is 0 Å². The summed E-state index contributed by atoms with van der Waals surface area (Å²) >= 11 is 0. The zero-order valence-electron chi connectivity index (χ0n) is 11.4. The first kappa shape index (κ1) is 14.9. The minimum atomic E-state index is -0.778. The molecule has 110 valence electrons. The van der Waals surface area contributed by atoms with Crippen molar-refractivity contribution in [3.05, 3.63) is 35.6 Å². The third-order valence-corrected chi connectivity index (χ3v) is 3.54. The number of carboxylic acids is 1. The molecular formula is C15H20FNO3. The topological polar surface area (TPSA) is 49.8 Å². The van der Waals surface area contributed by atoms with Gasteiger partial charge in [0, 0.05) is 18.7 Å². The Hall–Kier alpha value is -1.46. The highest BCUT2D eigenvalue weighted by atomic mass is 19.1. The molecule has 0 bridgehead atoms. The van der Waals surface area contributed by atoms with Gasteiger partial charge in [0.05, 0.1) is 19.1 Å². The predicted molar refractivity (Wildman–Crippen MR) is 72.9 cm³/mol. The van der Waals surface area contributed by atoms with Crippen LogP contribution in [-0.2, 0) is 16.1 Å². The van der Waals surface area contributed by atoms with E-state index in [1.165, 1.54) is 6.07 Å². The number of halogens is 1. The van der Waals surface area contributed by atoms with E-state index in [-0.39, 0.29) is 24.9 Å². The van der Waals surface area contributed by atoms with Crippen LogP contribution in [0.1, 0.15) is 24.8 Å². The van der Waals surface area contributed by atoms with Crippen LogP contribution in [0.25, 0.3) is 0 Å². The first-order chi connectivity index (χ1) is 9.65. The number of benzene rings is 1. The van der Waals surface area contributed by atoms with Gasteiger partial charge < -0.3 is 14.7 Å². The van der Waals surface area contributed by atoms with Crippen LogP contribution in [0.5, 0.6) is 0 Å². The maximum absolute atomic E-state index is 13.5. The van der Waals surface area contributed by atoms with Crippen LogP contribution >= 0.6 is 0 Å². The number of carboxylic acid groups (broad SMARTS) is 1. The summed E-state index contributed by atoms with van der Waals surface area (Å²) in [5.41, 5.74) is 0.565. The smallest absolute Gasteiger partial charge is 0.304 e. The summed E-state index contributed by atoms with van der Waals surface area (Å²) in [6.07, 6.45) is 2.14. The van der Waals surface area contributed by atoms with Gasteiger partial charge in [-0.15, -0.1) is 0 Å². The van der Waals surface area contributed by atoms with Crippen molar-refractivity contribution >= 4 is 5.97 Å². The molecule has 20 heavy (non-hydrogen) atoms. The molecule has 1 aliphatic heterocycles. The number of piperidine rings is 1. The quantitative estimate of drug-likeness (QED) is 0.869. The summed E-state index contributed by atoms with van der Waals surface area (Å²) in [5, 5.41) is 8.69. The van der Waals surface area contributed by atoms with Crippen molar-refractivity contribution < 1.29 is 19.0 Å². The third kappa shape index (κ3) is 4.58. The van der Waals surface area contributed by atoms with Crippen molar-refractivity contribution in [1.82, 2.24) is 4.90 Å². The molecule has 0 aromatic heterocycles. The van der Waals surface area contributed by atoms with E-state index < -0.39 is 5.97 Å². The van der Waals surface area contributed by atoms with E-state index in [0.29, 0.717) is 12.1 Å². The van der Waals surface area contributed by atoms with Crippen molar-refractivity contribution in [3.63, 3.8) is 0 Å². The van der Waals surface area contributed by atoms with E-state index in [9.17, 15) is 9.18 Å². The monoisotopic (exact) mass is 281 g/mol. The van der Waals surface area contributed by atoms with E-state index in [1.54, 1.807) is 18.2 Å². The molecule has 1 unspecified atom stereocenters. The van der Waals surface area contributed by atoms with Crippen LogP contribution in [0, 0.1) is 5.82 Å². The Morgan fingerprint density at radius 1 is 1.45 bits per heavy atom. The molecule has 0 saturated carbocycles. The molecule has 1 aromatic carbocycles. The molecule has 1 saturated heterocycles. The fourth-order valence-electron chi connectivity index (χ4n) is 2.43. The van der Waals surface area contributed by atoms with Gasteiger partial charge in [0.15, 0.2) is 0 Å². The minimum Gasteiger partial charge on any atom is -0.481 e.